The van der Waals surface area contributed by atoms with Gasteiger partial charge in [-0.3, -0.25) is 10.1 Å². The molecule has 1 aliphatic heterocycles. The molecular formula is C23H36N4O. The molecule has 5 heteroatoms. The molecule has 0 aromatic carbocycles. The van der Waals surface area contributed by atoms with Crippen molar-refractivity contribution in [3.63, 3.8) is 0 Å². The van der Waals surface area contributed by atoms with Crippen LogP contribution in [-0.2, 0) is 4.79 Å². The van der Waals surface area contributed by atoms with E-state index in [1.54, 1.807) is 0 Å². The molecule has 0 spiro atoms. The van der Waals surface area contributed by atoms with Crippen molar-refractivity contribution >= 4 is 18.1 Å². The molecule has 0 saturated heterocycles. The number of carbonyl (C=O) groups is 1. The summed E-state index contributed by atoms with van der Waals surface area (Å²) in [6, 6.07) is 0. The molecule has 1 heterocycles. The molecule has 7 atom stereocenters. The van der Waals surface area contributed by atoms with Gasteiger partial charge in [-0.25, -0.2) is 10.4 Å². The first kappa shape index (κ1) is 18.6. The van der Waals surface area contributed by atoms with Crippen molar-refractivity contribution in [2.45, 2.75) is 78.1 Å². The van der Waals surface area contributed by atoms with E-state index in [1.165, 1.54) is 64.2 Å². The summed E-state index contributed by atoms with van der Waals surface area (Å²) >= 11 is 0. The fourth-order valence-corrected chi connectivity index (χ4v) is 8.19. The minimum absolute atomic E-state index is 0.0595. The molecule has 0 bridgehead atoms. The van der Waals surface area contributed by atoms with Gasteiger partial charge in [0.2, 0.25) is 11.9 Å². The Hall–Kier alpha value is -1.39. The summed E-state index contributed by atoms with van der Waals surface area (Å²) < 4.78 is 0. The fourth-order valence-electron chi connectivity index (χ4n) is 8.19. The van der Waals surface area contributed by atoms with Crippen LogP contribution in [0.5, 0.6) is 0 Å². The number of hydrogen-bond donors (Lipinski definition) is 2. The molecular weight excluding hydrogens is 348 g/mol. The third-order valence-corrected chi connectivity index (χ3v) is 9.72. The van der Waals surface area contributed by atoms with Crippen molar-refractivity contribution in [1.82, 2.24) is 10.7 Å². The third-order valence-electron chi connectivity index (χ3n) is 9.72. The Morgan fingerprint density at radius 2 is 1.89 bits per heavy atom. The van der Waals surface area contributed by atoms with Crippen molar-refractivity contribution in [2.75, 3.05) is 6.54 Å². The second kappa shape index (κ2) is 6.84. The third kappa shape index (κ3) is 2.83. The van der Waals surface area contributed by atoms with Crippen LogP contribution in [0, 0.1) is 40.4 Å². The standard InChI is InChI=1S/C23H36N4O/c1-22-11-4-3-5-15(22)6-8-17-18-9-7-16(23(18,2)12-10-19(17)22)13-25-27-21-24-14-20(28)26-21/h13,15-19H,3-12,14H2,1-2H3,(H2,24,26,27,28)/b25-13+/t15-,16+,17-,18-,19-,22-,23+/m0/s1. The maximum atomic E-state index is 11.3. The number of hydrogen-bond acceptors (Lipinski definition) is 4. The Balaban J connectivity index is 1.29. The van der Waals surface area contributed by atoms with Gasteiger partial charge in [0.05, 0.1) is 0 Å². The summed E-state index contributed by atoms with van der Waals surface area (Å²) in [7, 11) is 0. The minimum atomic E-state index is -0.0595. The molecule has 154 valence electrons. The van der Waals surface area contributed by atoms with Gasteiger partial charge in [0.1, 0.15) is 6.54 Å². The van der Waals surface area contributed by atoms with Crippen LogP contribution in [0.15, 0.2) is 10.1 Å². The molecule has 0 radical (unpaired) electrons. The van der Waals surface area contributed by atoms with Gasteiger partial charge in [0, 0.05) is 12.1 Å². The van der Waals surface area contributed by atoms with E-state index in [1.807, 2.05) is 0 Å². The number of nitrogens with one attached hydrogen (secondary N) is 2. The zero-order valence-corrected chi connectivity index (χ0v) is 17.5. The molecule has 0 aromatic rings. The molecule has 0 aromatic heterocycles. The summed E-state index contributed by atoms with van der Waals surface area (Å²) in [4.78, 5) is 15.4. The smallest absolute Gasteiger partial charge is 0.248 e. The molecule has 5 nitrogen and oxygen atoms in total. The van der Waals surface area contributed by atoms with Crippen LogP contribution in [0.25, 0.3) is 0 Å². The van der Waals surface area contributed by atoms with Crippen LogP contribution in [0.4, 0.5) is 0 Å². The number of amides is 1. The largest absolute Gasteiger partial charge is 0.294 e. The summed E-state index contributed by atoms with van der Waals surface area (Å²) in [5.74, 6) is 4.73. The normalized spacial score (nSPS) is 47.9. The van der Waals surface area contributed by atoms with Crippen molar-refractivity contribution in [1.29, 1.82) is 0 Å². The Morgan fingerprint density at radius 1 is 1.04 bits per heavy atom. The van der Waals surface area contributed by atoms with Crippen LogP contribution in [0.2, 0.25) is 0 Å². The number of fused-ring (bicyclic) bond motifs is 5. The molecule has 1 amide bonds. The lowest BCUT2D eigenvalue weighted by Crippen LogP contribution is -2.52. The predicted molar refractivity (Wildman–Crippen MR) is 112 cm³/mol. The van der Waals surface area contributed by atoms with E-state index in [-0.39, 0.29) is 12.5 Å². The highest BCUT2D eigenvalue weighted by Gasteiger charge is 2.59. The van der Waals surface area contributed by atoms with Crippen molar-refractivity contribution in [2.24, 2.45) is 50.5 Å². The summed E-state index contributed by atoms with van der Waals surface area (Å²) in [5.41, 5.74) is 3.95. The first-order valence-corrected chi connectivity index (χ1v) is 11.6. The molecule has 4 saturated carbocycles. The average Bonchev–Trinajstić information content (AvgIpc) is 3.24. The van der Waals surface area contributed by atoms with Gasteiger partial charge in [-0.05, 0) is 85.9 Å². The summed E-state index contributed by atoms with van der Waals surface area (Å²) in [5, 5.41) is 7.17. The first-order chi connectivity index (χ1) is 13.5. The average molecular weight is 385 g/mol. The highest BCUT2D eigenvalue weighted by Crippen LogP contribution is 2.67. The number of nitrogens with zero attached hydrogens (tertiary/aromatic N) is 2. The number of guanidine groups is 1. The summed E-state index contributed by atoms with van der Waals surface area (Å²) in [6.07, 6.45) is 16.4. The van der Waals surface area contributed by atoms with E-state index in [0.29, 0.717) is 22.7 Å². The van der Waals surface area contributed by atoms with E-state index >= 15 is 0 Å². The van der Waals surface area contributed by atoms with E-state index in [4.69, 9.17) is 0 Å². The highest BCUT2D eigenvalue weighted by molar-refractivity contribution is 6.02. The lowest BCUT2D eigenvalue weighted by atomic mass is 9.45. The van der Waals surface area contributed by atoms with E-state index in [0.717, 1.165) is 23.7 Å². The lowest BCUT2D eigenvalue weighted by Gasteiger charge is -2.60. The molecule has 28 heavy (non-hydrogen) atoms. The van der Waals surface area contributed by atoms with Crippen molar-refractivity contribution in [3.05, 3.63) is 0 Å². The van der Waals surface area contributed by atoms with Crippen LogP contribution in [-0.4, -0.2) is 24.6 Å². The Morgan fingerprint density at radius 3 is 2.71 bits per heavy atom. The Kier molecular flexibility index (Phi) is 4.55. The zero-order chi connectivity index (χ0) is 19.4. The second-order valence-corrected chi connectivity index (χ2v) is 10.7. The summed E-state index contributed by atoms with van der Waals surface area (Å²) in [6.45, 7) is 5.41. The van der Waals surface area contributed by atoms with E-state index < -0.39 is 0 Å². The van der Waals surface area contributed by atoms with Gasteiger partial charge in [0.15, 0.2) is 0 Å². The fraction of sp³-hybridized carbons (Fsp3) is 0.870. The monoisotopic (exact) mass is 384 g/mol. The van der Waals surface area contributed by atoms with Crippen LogP contribution in [0.1, 0.15) is 78.1 Å². The van der Waals surface area contributed by atoms with Gasteiger partial charge in [0.25, 0.3) is 0 Å². The van der Waals surface area contributed by atoms with Gasteiger partial charge >= 0.3 is 0 Å². The number of carbonyl (C=O) groups excluding carboxylic acids is 1. The molecule has 2 N–H and O–H groups in total. The van der Waals surface area contributed by atoms with Crippen molar-refractivity contribution < 1.29 is 4.79 Å². The Bertz CT molecular complexity index is 703. The molecule has 5 rings (SSSR count). The quantitative estimate of drug-likeness (QED) is 0.556. The minimum Gasteiger partial charge on any atom is -0.294 e. The molecule has 4 fully saturated rings. The number of hydrazone groups is 1. The zero-order valence-electron chi connectivity index (χ0n) is 17.5. The van der Waals surface area contributed by atoms with Crippen molar-refractivity contribution in [3.8, 4) is 0 Å². The van der Waals surface area contributed by atoms with Crippen LogP contribution >= 0.6 is 0 Å². The maximum Gasteiger partial charge on any atom is 0.248 e. The van der Waals surface area contributed by atoms with E-state index in [9.17, 15) is 4.79 Å². The first-order valence-electron chi connectivity index (χ1n) is 11.6. The predicted octanol–water partition coefficient (Wildman–Crippen LogP) is 4.10. The van der Waals surface area contributed by atoms with Gasteiger partial charge in [-0.2, -0.15) is 5.10 Å². The molecule has 0 unspecified atom stereocenters. The van der Waals surface area contributed by atoms with E-state index in [2.05, 4.69) is 40.9 Å². The Labute approximate surface area is 169 Å². The second-order valence-electron chi connectivity index (χ2n) is 10.7. The van der Waals surface area contributed by atoms with Gasteiger partial charge in [-0.1, -0.05) is 26.7 Å². The lowest BCUT2D eigenvalue weighted by molar-refractivity contribution is -0.117. The molecule has 5 aliphatic rings. The van der Waals surface area contributed by atoms with Crippen LogP contribution in [0.3, 0.4) is 0 Å². The highest BCUT2D eigenvalue weighted by atomic mass is 16.2. The van der Waals surface area contributed by atoms with Gasteiger partial charge < -0.3 is 0 Å². The SMILES string of the molecule is C[C@]12CCCC[C@H]1CC[C@@H]1[C@@H]2CC[C@]2(C)[C@@H](/C=N/NC3=NCC(=O)N3)CC[C@@H]12. The number of rotatable bonds is 2. The molecule has 4 aliphatic carbocycles. The van der Waals surface area contributed by atoms with Crippen LogP contribution < -0.4 is 10.7 Å². The topological polar surface area (TPSA) is 65.8 Å². The maximum absolute atomic E-state index is 11.3. The number of aliphatic imine (C=N–C) groups is 1. The van der Waals surface area contributed by atoms with Gasteiger partial charge in [-0.15, -0.1) is 0 Å².